The number of phenols is 3. The van der Waals surface area contributed by atoms with Crippen LogP contribution in [0.5, 0.6) is 23.0 Å². The molecule has 18 heavy (non-hydrogen) atoms. The van der Waals surface area contributed by atoms with Crippen LogP contribution in [0.2, 0.25) is 0 Å². The van der Waals surface area contributed by atoms with Gasteiger partial charge in [0.05, 0.1) is 0 Å². The molecule has 0 fully saturated rings. The Morgan fingerprint density at radius 2 is 1.39 bits per heavy atom. The Kier molecular flexibility index (Phi) is 3.92. The number of phenolic OH excluding ortho intramolecular Hbond substituents is 3. The van der Waals surface area contributed by atoms with Crippen molar-refractivity contribution in [1.29, 1.82) is 0 Å². The molecule has 0 saturated heterocycles. The van der Waals surface area contributed by atoms with Crippen LogP contribution >= 0.6 is 15.6 Å². The summed E-state index contributed by atoms with van der Waals surface area (Å²) >= 11 is 0. The highest BCUT2D eigenvalue weighted by Gasteiger charge is 2.35. The first kappa shape index (κ1) is 14.8. The van der Waals surface area contributed by atoms with Crippen LogP contribution in [0.3, 0.4) is 0 Å². The van der Waals surface area contributed by atoms with Gasteiger partial charge in [-0.2, -0.15) is 4.31 Å². The smallest absolute Gasteiger partial charge is 0.508 e. The summed E-state index contributed by atoms with van der Waals surface area (Å²) in [6.45, 7) is 0. The molecule has 1 rings (SSSR count). The molecule has 1 aromatic rings. The van der Waals surface area contributed by atoms with Crippen LogP contribution in [-0.4, -0.2) is 30.0 Å². The minimum Gasteiger partial charge on any atom is -0.508 e. The quantitative estimate of drug-likeness (QED) is 0.427. The van der Waals surface area contributed by atoms with E-state index in [1.54, 1.807) is 0 Å². The second kappa shape index (κ2) is 4.77. The lowest BCUT2D eigenvalue weighted by atomic mass is 10.3. The highest BCUT2D eigenvalue weighted by molar-refractivity contribution is 7.60. The molecule has 1 unspecified atom stereocenters. The predicted molar refractivity (Wildman–Crippen MR) is 55.0 cm³/mol. The zero-order valence-electron chi connectivity index (χ0n) is 8.37. The van der Waals surface area contributed by atoms with Gasteiger partial charge in [0.15, 0.2) is 11.5 Å². The molecular formula is C6H8O10P2. The fourth-order valence-electron chi connectivity index (χ4n) is 0.944. The Morgan fingerprint density at radius 1 is 0.944 bits per heavy atom. The molecule has 1 aromatic carbocycles. The lowest BCUT2D eigenvalue weighted by molar-refractivity contribution is 0.225. The Labute approximate surface area is 99.5 Å². The van der Waals surface area contributed by atoms with Crippen molar-refractivity contribution in [3.05, 3.63) is 12.1 Å². The predicted octanol–water partition coefficient (Wildman–Crippen LogP) is 0.392. The molecular weight excluding hydrogens is 294 g/mol. The molecule has 0 heterocycles. The highest BCUT2D eigenvalue weighted by atomic mass is 31.3. The summed E-state index contributed by atoms with van der Waals surface area (Å²) in [7, 11) is -10.6. The monoisotopic (exact) mass is 302 g/mol. The van der Waals surface area contributed by atoms with E-state index in [0.29, 0.717) is 12.1 Å². The molecule has 12 heteroatoms. The fraction of sp³-hybridized carbons (Fsp3) is 0. The second-order valence-electron chi connectivity index (χ2n) is 2.95. The number of rotatable bonds is 4. The maximum absolute atomic E-state index is 11.1. The maximum atomic E-state index is 11.1. The SMILES string of the molecule is O=P(O)(O)OP(=O)(O)Oc1c(O)cc(O)cc1O. The maximum Gasteiger partial charge on any atom is 0.536 e. The molecule has 0 aliphatic rings. The lowest BCUT2D eigenvalue weighted by Gasteiger charge is -2.14. The molecule has 0 amide bonds. The molecule has 0 radical (unpaired) electrons. The van der Waals surface area contributed by atoms with Crippen molar-refractivity contribution < 1.29 is 48.0 Å². The number of phosphoric ester groups is 1. The van der Waals surface area contributed by atoms with Gasteiger partial charge in [-0.25, -0.2) is 9.13 Å². The van der Waals surface area contributed by atoms with Crippen LogP contribution in [0.1, 0.15) is 0 Å². The molecule has 0 spiro atoms. The van der Waals surface area contributed by atoms with Crippen molar-refractivity contribution in [2.45, 2.75) is 0 Å². The zero-order valence-corrected chi connectivity index (χ0v) is 10.2. The molecule has 102 valence electrons. The average Bonchev–Trinajstić information content (AvgIpc) is 2.07. The van der Waals surface area contributed by atoms with E-state index >= 15 is 0 Å². The normalized spacial score (nSPS) is 15.1. The molecule has 0 saturated carbocycles. The van der Waals surface area contributed by atoms with E-state index in [9.17, 15) is 19.3 Å². The van der Waals surface area contributed by atoms with Gasteiger partial charge in [-0.3, -0.25) is 4.89 Å². The largest absolute Gasteiger partial charge is 0.536 e. The number of hydrogen-bond donors (Lipinski definition) is 6. The number of phosphoric acid groups is 2. The van der Waals surface area contributed by atoms with Crippen LogP contribution in [0.4, 0.5) is 0 Å². The van der Waals surface area contributed by atoms with Crippen molar-refractivity contribution in [3.63, 3.8) is 0 Å². The van der Waals surface area contributed by atoms with E-state index in [0.717, 1.165) is 0 Å². The third-order valence-corrected chi connectivity index (χ3v) is 3.54. The highest BCUT2D eigenvalue weighted by Crippen LogP contribution is 2.59. The van der Waals surface area contributed by atoms with Crippen molar-refractivity contribution in [2.24, 2.45) is 0 Å². The first-order valence-corrected chi connectivity index (χ1v) is 7.07. The first-order valence-electron chi connectivity index (χ1n) is 4.04. The molecule has 1 atom stereocenters. The summed E-state index contributed by atoms with van der Waals surface area (Å²) in [5, 5.41) is 27.4. The van der Waals surface area contributed by atoms with Gasteiger partial charge < -0.3 is 29.6 Å². The van der Waals surface area contributed by atoms with Crippen LogP contribution in [0, 0.1) is 0 Å². The van der Waals surface area contributed by atoms with Crippen LogP contribution in [0.15, 0.2) is 12.1 Å². The van der Waals surface area contributed by atoms with Gasteiger partial charge >= 0.3 is 15.6 Å². The van der Waals surface area contributed by atoms with E-state index in [2.05, 4.69) is 8.83 Å². The minimum atomic E-state index is -5.31. The van der Waals surface area contributed by atoms with Crippen LogP contribution < -0.4 is 4.52 Å². The number of aromatic hydroxyl groups is 3. The van der Waals surface area contributed by atoms with Crippen molar-refractivity contribution in [2.75, 3.05) is 0 Å². The molecule has 0 aliphatic heterocycles. The molecule has 10 nitrogen and oxygen atoms in total. The minimum absolute atomic E-state index is 0.568. The van der Waals surface area contributed by atoms with Crippen molar-refractivity contribution in [1.82, 2.24) is 0 Å². The van der Waals surface area contributed by atoms with Gasteiger partial charge in [-0.1, -0.05) is 0 Å². The Hall–Kier alpha value is -1.28. The van der Waals surface area contributed by atoms with Gasteiger partial charge in [0.1, 0.15) is 5.75 Å². The molecule has 0 aliphatic carbocycles. The van der Waals surface area contributed by atoms with E-state index in [4.69, 9.17) is 19.8 Å². The van der Waals surface area contributed by atoms with Crippen LogP contribution in [0.25, 0.3) is 0 Å². The first-order chi connectivity index (χ1) is 8.00. The summed E-state index contributed by atoms with van der Waals surface area (Å²) in [5.74, 6) is -3.42. The van der Waals surface area contributed by atoms with E-state index in [1.807, 2.05) is 0 Å². The number of hydrogen-bond acceptors (Lipinski definition) is 7. The molecule has 0 bridgehead atoms. The second-order valence-corrected chi connectivity index (χ2v) is 5.70. The van der Waals surface area contributed by atoms with Gasteiger partial charge in [0.25, 0.3) is 0 Å². The van der Waals surface area contributed by atoms with Gasteiger partial charge in [0.2, 0.25) is 5.75 Å². The van der Waals surface area contributed by atoms with E-state index < -0.39 is 38.6 Å². The van der Waals surface area contributed by atoms with E-state index in [-0.39, 0.29) is 0 Å². The summed E-state index contributed by atoms with van der Waals surface area (Å²) in [6, 6.07) is 1.32. The lowest BCUT2D eigenvalue weighted by Crippen LogP contribution is -1.96. The fourth-order valence-corrected chi connectivity index (χ4v) is 2.57. The van der Waals surface area contributed by atoms with E-state index in [1.165, 1.54) is 0 Å². The standard InChI is InChI=1S/C6H8O10P2/c7-3-1-4(8)6(5(9)2-3)15-18(13,14)16-17(10,11)12/h1-2,7-9H,(H,13,14)(H2,10,11,12). The molecule has 6 N–H and O–H groups in total. The summed E-state index contributed by atoms with van der Waals surface area (Å²) < 4.78 is 29.0. The van der Waals surface area contributed by atoms with Crippen molar-refractivity contribution >= 4 is 15.6 Å². The molecule has 0 aromatic heterocycles. The Bertz CT molecular complexity index is 524. The number of benzene rings is 1. The van der Waals surface area contributed by atoms with Crippen molar-refractivity contribution in [3.8, 4) is 23.0 Å². The average molecular weight is 302 g/mol. The summed E-state index contributed by atoms with van der Waals surface area (Å²) in [5.41, 5.74) is 0. The van der Waals surface area contributed by atoms with Gasteiger partial charge in [-0.15, -0.1) is 0 Å². The van der Waals surface area contributed by atoms with Gasteiger partial charge in [0, 0.05) is 12.1 Å². The zero-order chi connectivity index (χ0) is 14.1. The van der Waals surface area contributed by atoms with Crippen LogP contribution in [-0.2, 0) is 13.4 Å². The summed E-state index contributed by atoms with van der Waals surface area (Å²) in [4.78, 5) is 25.6. The van der Waals surface area contributed by atoms with Gasteiger partial charge in [-0.05, 0) is 0 Å². The Morgan fingerprint density at radius 3 is 1.78 bits per heavy atom. The Balaban J connectivity index is 3.05. The third kappa shape index (κ3) is 4.19. The third-order valence-electron chi connectivity index (χ3n) is 1.45. The topological polar surface area (TPSA) is 174 Å². The summed E-state index contributed by atoms with van der Waals surface area (Å²) in [6.07, 6.45) is 0.